The Morgan fingerprint density at radius 2 is 2.05 bits per heavy atom. The number of hydrogen-bond acceptors (Lipinski definition) is 3. The third-order valence-electron chi connectivity index (χ3n) is 2.70. The second-order valence-corrected chi connectivity index (χ2v) is 4.82. The summed E-state index contributed by atoms with van der Waals surface area (Å²) >= 11 is 0. The molecule has 1 aromatic rings. The minimum atomic E-state index is -0.890. The number of nitrogens with zero attached hydrogens (tertiary/aromatic N) is 1. The molecular weight excluding hydrogens is 252 g/mol. The van der Waals surface area contributed by atoms with Gasteiger partial charge in [0.25, 0.3) is 5.91 Å². The number of nitrogen functional groups attached to an aromatic ring is 1. The molecule has 0 heterocycles. The first-order valence-electron chi connectivity index (χ1n) is 6.01. The molecule has 0 radical (unpaired) electrons. The molecule has 0 aliphatic rings. The summed E-state index contributed by atoms with van der Waals surface area (Å²) in [7, 11) is 3.84. The normalized spacial score (nSPS) is 12.5. The summed E-state index contributed by atoms with van der Waals surface area (Å²) in [5, 5.41) is 2.62. The van der Waals surface area contributed by atoms with Crippen molar-refractivity contribution in [3.8, 4) is 0 Å². The lowest BCUT2D eigenvalue weighted by Gasteiger charge is -2.17. The number of halogens is 2. The van der Waals surface area contributed by atoms with Crippen molar-refractivity contribution < 1.29 is 13.6 Å². The first-order valence-corrected chi connectivity index (χ1v) is 6.01. The van der Waals surface area contributed by atoms with Crippen LogP contribution in [0.5, 0.6) is 0 Å². The van der Waals surface area contributed by atoms with Gasteiger partial charge in [0.15, 0.2) is 5.82 Å². The molecule has 0 aromatic heterocycles. The Balaban J connectivity index is 2.73. The van der Waals surface area contributed by atoms with E-state index in [9.17, 15) is 13.6 Å². The Hall–Kier alpha value is -1.69. The van der Waals surface area contributed by atoms with Crippen LogP contribution < -0.4 is 11.1 Å². The topological polar surface area (TPSA) is 58.4 Å². The van der Waals surface area contributed by atoms with Crippen molar-refractivity contribution in [2.75, 3.05) is 26.4 Å². The number of anilines is 1. The Labute approximate surface area is 111 Å². The van der Waals surface area contributed by atoms with Crippen molar-refractivity contribution in [1.29, 1.82) is 0 Å². The van der Waals surface area contributed by atoms with Gasteiger partial charge in [-0.3, -0.25) is 4.79 Å². The zero-order valence-corrected chi connectivity index (χ0v) is 11.3. The Kier molecular flexibility index (Phi) is 5.23. The largest absolute Gasteiger partial charge is 0.396 e. The Morgan fingerprint density at radius 1 is 1.42 bits per heavy atom. The molecule has 0 saturated heterocycles. The summed E-state index contributed by atoms with van der Waals surface area (Å²) in [6.45, 7) is 2.59. The molecule has 0 aliphatic heterocycles. The van der Waals surface area contributed by atoms with Gasteiger partial charge in [-0.25, -0.2) is 8.78 Å². The molecule has 1 rings (SSSR count). The maximum absolute atomic E-state index is 13.6. The molecular formula is C13H19F2N3O. The molecule has 0 fully saturated rings. The van der Waals surface area contributed by atoms with Crippen LogP contribution in [0.15, 0.2) is 12.1 Å². The highest BCUT2D eigenvalue weighted by Crippen LogP contribution is 2.17. The summed E-state index contributed by atoms with van der Waals surface area (Å²) in [6, 6.07) is 1.56. The number of rotatable bonds is 5. The van der Waals surface area contributed by atoms with Gasteiger partial charge in [-0.1, -0.05) is 0 Å². The molecule has 1 atom stereocenters. The molecule has 0 aliphatic carbocycles. The number of benzene rings is 1. The molecule has 106 valence electrons. The summed E-state index contributed by atoms with van der Waals surface area (Å²) in [5.41, 5.74) is 4.55. The molecule has 4 nitrogen and oxygen atoms in total. The predicted octanol–water partition coefficient (Wildman–Crippen LogP) is 1.62. The van der Waals surface area contributed by atoms with Crippen molar-refractivity contribution in [2.24, 2.45) is 0 Å². The Morgan fingerprint density at radius 3 is 2.63 bits per heavy atom. The quantitative estimate of drug-likeness (QED) is 0.800. The van der Waals surface area contributed by atoms with Gasteiger partial charge < -0.3 is 16.0 Å². The third kappa shape index (κ3) is 4.48. The van der Waals surface area contributed by atoms with E-state index in [1.807, 2.05) is 25.9 Å². The van der Waals surface area contributed by atoms with Gasteiger partial charge >= 0.3 is 0 Å². The minimum Gasteiger partial charge on any atom is -0.396 e. The number of hydrogen-bond donors (Lipinski definition) is 2. The van der Waals surface area contributed by atoms with E-state index in [2.05, 4.69) is 5.32 Å². The van der Waals surface area contributed by atoms with E-state index in [0.717, 1.165) is 18.7 Å². The molecule has 1 unspecified atom stereocenters. The highest BCUT2D eigenvalue weighted by molar-refractivity contribution is 5.95. The van der Waals surface area contributed by atoms with E-state index in [4.69, 9.17) is 5.73 Å². The smallest absolute Gasteiger partial charge is 0.254 e. The lowest BCUT2D eigenvalue weighted by Crippen LogP contribution is -2.35. The standard InChI is InChI=1S/C13H19F2N3O/c1-8(4-5-18(2)3)17-13(19)10-6-9(14)7-11(16)12(10)15/h6-8H,4-5,16H2,1-3H3,(H,17,19). The highest BCUT2D eigenvalue weighted by atomic mass is 19.1. The predicted molar refractivity (Wildman–Crippen MR) is 70.9 cm³/mol. The molecule has 1 aromatic carbocycles. The minimum absolute atomic E-state index is 0.140. The van der Waals surface area contributed by atoms with Gasteiger partial charge in [0.2, 0.25) is 0 Å². The average molecular weight is 271 g/mol. The molecule has 19 heavy (non-hydrogen) atoms. The van der Waals surface area contributed by atoms with Gasteiger partial charge in [0, 0.05) is 6.04 Å². The first-order chi connectivity index (χ1) is 8.81. The van der Waals surface area contributed by atoms with E-state index in [-0.39, 0.29) is 17.3 Å². The third-order valence-corrected chi connectivity index (χ3v) is 2.70. The number of carbonyl (C=O) groups excluding carboxylic acids is 1. The summed E-state index contributed by atoms with van der Waals surface area (Å²) in [4.78, 5) is 13.8. The molecule has 0 bridgehead atoms. The van der Waals surface area contributed by atoms with Crippen LogP contribution in [0, 0.1) is 11.6 Å². The highest BCUT2D eigenvalue weighted by Gasteiger charge is 2.17. The first kappa shape index (κ1) is 15.4. The van der Waals surface area contributed by atoms with Crippen molar-refractivity contribution in [3.05, 3.63) is 29.3 Å². The van der Waals surface area contributed by atoms with Crippen molar-refractivity contribution >= 4 is 11.6 Å². The second-order valence-electron chi connectivity index (χ2n) is 4.82. The molecule has 6 heteroatoms. The molecule has 1 amide bonds. The second kappa shape index (κ2) is 6.47. The number of carbonyl (C=O) groups is 1. The van der Waals surface area contributed by atoms with Crippen LogP contribution in [-0.2, 0) is 0 Å². The van der Waals surface area contributed by atoms with Gasteiger partial charge in [-0.2, -0.15) is 0 Å². The fraction of sp³-hybridized carbons (Fsp3) is 0.462. The molecule has 3 N–H and O–H groups in total. The lowest BCUT2D eigenvalue weighted by molar-refractivity contribution is 0.0932. The maximum Gasteiger partial charge on any atom is 0.254 e. The number of nitrogens with two attached hydrogens (primary N) is 1. The van der Waals surface area contributed by atoms with Crippen LogP contribution in [0.1, 0.15) is 23.7 Å². The van der Waals surface area contributed by atoms with E-state index in [1.54, 1.807) is 0 Å². The van der Waals surface area contributed by atoms with E-state index >= 15 is 0 Å². The van der Waals surface area contributed by atoms with Crippen LogP contribution in [0.3, 0.4) is 0 Å². The zero-order chi connectivity index (χ0) is 14.6. The lowest BCUT2D eigenvalue weighted by atomic mass is 10.1. The van der Waals surface area contributed by atoms with E-state index < -0.39 is 17.5 Å². The van der Waals surface area contributed by atoms with Gasteiger partial charge in [0.1, 0.15) is 5.82 Å². The summed E-state index contributed by atoms with van der Waals surface area (Å²) in [6.07, 6.45) is 0.713. The summed E-state index contributed by atoms with van der Waals surface area (Å²) in [5.74, 6) is -2.28. The van der Waals surface area contributed by atoms with Crippen molar-refractivity contribution in [1.82, 2.24) is 10.2 Å². The maximum atomic E-state index is 13.6. The fourth-order valence-electron chi connectivity index (χ4n) is 1.60. The van der Waals surface area contributed by atoms with Gasteiger partial charge in [0.05, 0.1) is 11.3 Å². The van der Waals surface area contributed by atoms with Crippen LogP contribution in [0.2, 0.25) is 0 Å². The van der Waals surface area contributed by atoms with Crippen LogP contribution >= 0.6 is 0 Å². The zero-order valence-electron chi connectivity index (χ0n) is 11.3. The number of nitrogens with one attached hydrogen (secondary N) is 1. The SMILES string of the molecule is CC(CCN(C)C)NC(=O)c1cc(F)cc(N)c1F. The van der Waals surface area contributed by atoms with Crippen molar-refractivity contribution in [3.63, 3.8) is 0 Å². The average Bonchev–Trinajstić information content (AvgIpc) is 2.31. The van der Waals surface area contributed by atoms with Crippen LogP contribution in [0.25, 0.3) is 0 Å². The molecule has 0 spiro atoms. The monoisotopic (exact) mass is 271 g/mol. The molecule has 0 saturated carbocycles. The van der Waals surface area contributed by atoms with E-state index in [0.29, 0.717) is 6.42 Å². The van der Waals surface area contributed by atoms with Crippen LogP contribution in [-0.4, -0.2) is 37.5 Å². The van der Waals surface area contributed by atoms with E-state index in [1.165, 1.54) is 0 Å². The van der Waals surface area contributed by atoms with Crippen LogP contribution in [0.4, 0.5) is 14.5 Å². The number of amides is 1. The van der Waals surface area contributed by atoms with Gasteiger partial charge in [-0.15, -0.1) is 0 Å². The fourth-order valence-corrected chi connectivity index (χ4v) is 1.60. The summed E-state index contributed by atoms with van der Waals surface area (Å²) < 4.78 is 26.8. The van der Waals surface area contributed by atoms with Gasteiger partial charge in [-0.05, 0) is 46.1 Å². The Bertz CT molecular complexity index is 463. The van der Waals surface area contributed by atoms with Crippen molar-refractivity contribution in [2.45, 2.75) is 19.4 Å².